The van der Waals surface area contributed by atoms with Crippen molar-refractivity contribution in [3.8, 4) is 0 Å². The highest BCUT2D eigenvalue weighted by molar-refractivity contribution is 7.99. The Kier molecular flexibility index (Phi) is 5.16. The van der Waals surface area contributed by atoms with E-state index in [4.69, 9.17) is 4.98 Å². The Morgan fingerprint density at radius 2 is 1.69 bits per heavy atom. The summed E-state index contributed by atoms with van der Waals surface area (Å²) in [6, 6.07) is 22.3. The van der Waals surface area contributed by atoms with Crippen LogP contribution in [0.5, 0.6) is 0 Å². The molecule has 1 N–H and O–H groups in total. The topological polar surface area (TPSA) is 81.3 Å². The molecule has 7 nitrogen and oxygen atoms in total. The van der Waals surface area contributed by atoms with Gasteiger partial charge in [0.15, 0.2) is 5.65 Å². The Balaban J connectivity index is 1.55. The Morgan fingerprint density at radius 3 is 2.47 bits per heavy atom. The molecule has 0 spiro atoms. The lowest BCUT2D eigenvalue weighted by Crippen LogP contribution is -2.28. The molecule has 0 aliphatic carbocycles. The first-order valence-corrected chi connectivity index (χ1v) is 10.6. The number of amides is 1. The van der Waals surface area contributed by atoms with Crippen LogP contribution in [0.3, 0.4) is 0 Å². The summed E-state index contributed by atoms with van der Waals surface area (Å²) in [7, 11) is 0. The smallest absolute Gasteiger partial charge is 0.324 e. The molecule has 3 aromatic carbocycles. The predicted octanol–water partition coefficient (Wildman–Crippen LogP) is 3.97. The molecule has 158 valence electrons. The average molecular weight is 445 g/mol. The molecule has 0 saturated carbocycles. The molecule has 2 heterocycles. The van der Waals surface area contributed by atoms with Gasteiger partial charge in [0.1, 0.15) is 17.4 Å². The van der Waals surface area contributed by atoms with Crippen LogP contribution in [0.25, 0.3) is 16.7 Å². The first-order valence-electron chi connectivity index (χ1n) is 9.75. The fourth-order valence-corrected chi connectivity index (χ4v) is 4.20. The molecule has 2 aromatic heterocycles. The molecule has 0 saturated heterocycles. The zero-order valence-electron chi connectivity index (χ0n) is 16.6. The molecule has 9 heteroatoms. The number of benzene rings is 3. The molecule has 0 unspecified atom stereocenters. The summed E-state index contributed by atoms with van der Waals surface area (Å²) < 4.78 is 15.7. The van der Waals surface area contributed by atoms with Gasteiger partial charge in [-0.25, -0.2) is 23.3 Å². The van der Waals surface area contributed by atoms with Crippen LogP contribution in [0.4, 0.5) is 10.1 Å². The third-order valence-electron chi connectivity index (χ3n) is 4.75. The third-order valence-corrected chi connectivity index (χ3v) is 5.73. The Morgan fingerprint density at radius 1 is 0.969 bits per heavy atom. The van der Waals surface area contributed by atoms with Crippen molar-refractivity contribution < 1.29 is 9.18 Å². The second kappa shape index (κ2) is 8.27. The highest BCUT2D eigenvalue weighted by atomic mass is 32.2. The number of para-hydroxylation sites is 2. The minimum Gasteiger partial charge on any atom is -0.324 e. The highest BCUT2D eigenvalue weighted by Crippen LogP contribution is 2.30. The number of fused-ring (bicyclic) bond motifs is 3. The summed E-state index contributed by atoms with van der Waals surface area (Å²) in [5.41, 5.74) is 1.62. The van der Waals surface area contributed by atoms with Crippen LogP contribution >= 0.6 is 11.8 Å². The van der Waals surface area contributed by atoms with E-state index in [9.17, 15) is 14.0 Å². The van der Waals surface area contributed by atoms with Gasteiger partial charge in [-0.15, -0.1) is 5.10 Å². The molecular weight excluding hydrogens is 429 g/mol. The molecular formula is C23H16FN5O2S. The van der Waals surface area contributed by atoms with Crippen molar-refractivity contribution in [3.63, 3.8) is 0 Å². The van der Waals surface area contributed by atoms with Crippen molar-refractivity contribution in [2.24, 2.45) is 0 Å². The summed E-state index contributed by atoms with van der Waals surface area (Å²) >= 11 is 1.39. The molecule has 5 aromatic rings. The van der Waals surface area contributed by atoms with Gasteiger partial charge in [-0.3, -0.25) is 4.79 Å². The summed E-state index contributed by atoms with van der Waals surface area (Å²) in [5.74, 6) is -0.848. The average Bonchev–Trinajstić information content (AvgIpc) is 3.13. The maximum absolute atomic E-state index is 13.2. The molecule has 0 aliphatic rings. The van der Waals surface area contributed by atoms with Crippen LogP contribution in [0.1, 0.15) is 0 Å². The van der Waals surface area contributed by atoms with E-state index in [0.29, 0.717) is 27.4 Å². The third kappa shape index (κ3) is 3.85. The van der Waals surface area contributed by atoms with Crippen molar-refractivity contribution >= 4 is 40.0 Å². The van der Waals surface area contributed by atoms with E-state index in [2.05, 4.69) is 10.4 Å². The van der Waals surface area contributed by atoms with Gasteiger partial charge in [-0.05, 0) is 48.5 Å². The number of rotatable bonds is 5. The number of hydrogen-bond acceptors (Lipinski definition) is 5. The van der Waals surface area contributed by atoms with Crippen molar-refractivity contribution in [2.45, 2.75) is 16.5 Å². The molecule has 5 rings (SSSR count). The standard InChI is InChI=1S/C23H16FN5O2S/c24-15-10-12-16(13-11-15)25-20(30)14-28-23(31)29-19-9-5-4-8-18(19)26-22(21(29)27-28)32-17-6-2-1-3-7-17/h1-13H,14H2,(H,25,30). The van der Waals surface area contributed by atoms with E-state index in [0.717, 1.165) is 9.58 Å². The van der Waals surface area contributed by atoms with Gasteiger partial charge in [0.2, 0.25) is 5.91 Å². The van der Waals surface area contributed by atoms with E-state index in [1.807, 2.05) is 48.5 Å². The van der Waals surface area contributed by atoms with E-state index in [-0.39, 0.29) is 6.54 Å². The molecule has 0 fully saturated rings. The molecule has 0 aliphatic heterocycles. The normalized spacial score (nSPS) is 11.2. The largest absolute Gasteiger partial charge is 0.351 e. The van der Waals surface area contributed by atoms with E-state index < -0.39 is 17.4 Å². The van der Waals surface area contributed by atoms with Gasteiger partial charge in [0, 0.05) is 10.6 Å². The van der Waals surface area contributed by atoms with Crippen LogP contribution in [0, 0.1) is 5.82 Å². The van der Waals surface area contributed by atoms with Crippen molar-refractivity contribution in [1.29, 1.82) is 0 Å². The highest BCUT2D eigenvalue weighted by Gasteiger charge is 2.18. The van der Waals surface area contributed by atoms with Gasteiger partial charge in [-0.1, -0.05) is 42.1 Å². The zero-order valence-corrected chi connectivity index (χ0v) is 17.4. The van der Waals surface area contributed by atoms with E-state index in [1.165, 1.54) is 40.4 Å². The van der Waals surface area contributed by atoms with Crippen LogP contribution in [0.2, 0.25) is 0 Å². The number of nitrogens with one attached hydrogen (secondary N) is 1. The number of nitrogens with zero attached hydrogens (tertiary/aromatic N) is 4. The van der Waals surface area contributed by atoms with Gasteiger partial charge >= 0.3 is 5.69 Å². The molecule has 0 atom stereocenters. The minimum absolute atomic E-state index is 0.290. The lowest BCUT2D eigenvalue weighted by atomic mass is 10.3. The minimum atomic E-state index is -0.448. The zero-order chi connectivity index (χ0) is 22.1. The summed E-state index contributed by atoms with van der Waals surface area (Å²) in [4.78, 5) is 31.3. The van der Waals surface area contributed by atoms with Crippen LogP contribution in [0.15, 0.2) is 93.6 Å². The van der Waals surface area contributed by atoms with Gasteiger partial charge < -0.3 is 5.32 Å². The predicted molar refractivity (Wildman–Crippen MR) is 120 cm³/mol. The molecule has 0 radical (unpaired) electrons. The maximum Gasteiger partial charge on any atom is 0.351 e. The lowest BCUT2D eigenvalue weighted by molar-refractivity contribution is -0.117. The Labute approximate surface area is 185 Å². The Hall–Kier alpha value is -3.98. The van der Waals surface area contributed by atoms with Crippen molar-refractivity contribution in [1.82, 2.24) is 19.2 Å². The first kappa shape index (κ1) is 20.0. The molecule has 32 heavy (non-hydrogen) atoms. The van der Waals surface area contributed by atoms with Crippen LogP contribution in [-0.2, 0) is 11.3 Å². The number of aromatic nitrogens is 4. The SMILES string of the molecule is O=C(Cn1nc2c(Sc3ccccc3)nc3ccccc3n2c1=O)Nc1ccc(F)cc1. The fourth-order valence-electron chi connectivity index (χ4n) is 3.31. The maximum atomic E-state index is 13.2. The lowest BCUT2D eigenvalue weighted by Gasteiger charge is -2.05. The second-order valence-corrected chi connectivity index (χ2v) is 8.04. The second-order valence-electron chi connectivity index (χ2n) is 6.98. The number of anilines is 1. The van der Waals surface area contributed by atoms with Crippen molar-refractivity contribution in [3.05, 3.63) is 95.2 Å². The number of halogens is 1. The number of carbonyl (C=O) groups excluding carboxylic acids is 1. The van der Waals surface area contributed by atoms with E-state index >= 15 is 0 Å². The first-order chi connectivity index (χ1) is 15.6. The number of carbonyl (C=O) groups is 1. The summed E-state index contributed by atoms with van der Waals surface area (Å²) in [6.45, 7) is -0.290. The van der Waals surface area contributed by atoms with E-state index in [1.54, 1.807) is 6.07 Å². The fraction of sp³-hybridized carbons (Fsp3) is 0.0435. The molecule has 0 bridgehead atoms. The van der Waals surface area contributed by atoms with Crippen molar-refractivity contribution in [2.75, 3.05) is 5.32 Å². The molecule has 1 amide bonds. The summed E-state index contributed by atoms with van der Waals surface area (Å²) in [5, 5.41) is 7.62. The van der Waals surface area contributed by atoms with Crippen LogP contribution < -0.4 is 11.0 Å². The monoisotopic (exact) mass is 445 g/mol. The number of hydrogen-bond donors (Lipinski definition) is 1. The van der Waals surface area contributed by atoms with Gasteiger partial charge in [-0.2, -0.15) is 0 Å². The van der Waals surface area contributed by atoms with Gasteiger partial charge in [0.05, 0.1) is 11.0 Å². The quantitative estimate of drug-likeness (QED) is 0.443. The Bertz CT molecular complexity index is 1500. The van der Waals surface area contributed by atoms with Gasteiger partial charge in [0.25, 0.3) is 0 Å². The van der Waals surface area contributed by atoms with Crippen LogP contribution in [-0.4, -0.2) is 25.1 Å². The summed E-state index contributed by atoms with van der Waals surface area (Å²) in [6.07, 6.45) is 0.